The van der Waals surface area contributed by atoms with Crippen LogP contribution in [-0.2, 0) is 28.4 Å². The number of cyclic esters (lactones) is 1. The number of nitrogens with zero attached hydrogens (tertiary/aromatic N) is 3. The second kappa shape index (κ2) is 12.5. The number of carbonyl (C=O) groups is 2. The van der Waals surface area contributed by atoms with Crippen molar-refractivity contribution in [3.63, 3.8) is 0 Å². The molecule has 14 heteroatoms. The van der Waals surface area contributed by atoms with Gasteiger partial charge in [-0.1, -0.05) is 6.07 Å². The Kier molecular flexibility index (Phi) is 8.71. The Morgan fingerprint density at radius 2 is 1.54 bits per heavy atom. The van der Waals surface area contributed by atoms with Gasteiger partial charge in [0.1, 0.15) is 17.7 Å². The molecule has 1 saturated carbocycles. The summed E-state index contributed by atoms with van der Waals surface area (Å²) in [5.41, 5.74) is -1.28. The quantitative estimate of drug-likeness (QED) is 0.244. The summed E-state index contributed by atoms with van der Waals surface area (Å²) in [6.07, 6.45) is -9.17. The summed E-state index contributed by atoms with van der Waals surface area (Å²) in [6, 6.07) is 8.90. The van der Waals surface area contributed by atoms with Crippen LogP contribution in [0.1, 0.15) is 79.0 Å². The highest BCUT2D eigenvalue weighted by Crippen LogP contribution is 2.43. The smallest absolute Gasteiger partial charge is 0.416 e. The Morgan fingerprint density at radius 3 is 2.10 bits per heavy atom. The third-order valence-electron chi connectivity index (χ3n) is 9.65. The highest BCUT2D eigenvalue weighted by molar-refractivity contribution is 5.76. The average Bonchev–Trinajstić information content (AvgIpc) is 3.28. The summed E-state index contributed by atoms with van der Waals surface area (Å²) in [5, 5.41) is 20.4. The van der Waals surface area contributed by atoms with E-state index >= 15 is 0 Å². The zero-order valence-corrected chi connectivity index (χ0v) is 25.8. The van der Waals surface area contributed by atoms with E-state index in [1.165, 1.54) is 11.8 Å². The zero-order valence-electron chi connectivity index (χ0n) is 25.8. The van der Waals surface area contributed by atoms with E-state index in [0.29, 0.717) is 60.5 Å². The van der Waals surface area contributed by atoms with Gasteiger partial charge in [0, 0.05) is 24.2 Å². The van der Waals surface area contributed by atoms with Crippen molar-refractivity contribution in [2.45, 2.75) is 76.0 Å². The van der Waals surface area contributed by atoms with Crippen LogP contribution in [0.25, 0.3) is 11.1 Å². The lowest BCUT2D eigenvalue weighted by molar-refractivity contribution is -0.144. The number of carbonyl (C=O) groups excluding carboxylic acids is 1. The molecule has 3 aromatic rings. The number of ether oxygens (including phenoxy) is 1. The Hall–Kier alpha value is -4.49. The van der Waals surface area contributed by atoms with Crippen LogP contribution in [0.15, 0.2) is 48.5 Å². The minimum atomic E-state index is -5.07. The van der Waals surface area contributed by atoms with Gasteiger partial charge in [-0.15, -0.1) is 0 Å². The molecule has 0 spiro atoms. The van der Waals surface area contributed by atoms with Gasteiger partial charge in [0.15, 0.2) is 0 Å². The van der Waals surface area contributed by atoms with Crippen molar-refractivity contribution in [1.29, 1.82) is 0 Å². The third kappa shape index (κ3) is 6.61. The predicted octanol–water partition coefficient (Wildman–Crippen LogP) is 8.14. The zero-order chi connectivity index (χ0) is 34.5. The van der Waals surface area contributed by atoms with Crippen molar-refractivity contribution >= 4 is 17.9 Å². The topological polar surface area (TPSA) is 103 Å². The number of benzene rings is 2. The molecule has 2 aliphatic heterocycles. The molecule has 2 N–H and O–H groups in total. The molecule has 1 aliphatic carbocycles. The number of amides is 1. The Balaban J connectivity index is 1.33. The molecule has 0 radical (unpaired) electrons. The van der Waals surface area contributed by atoms with E-state index in [4.69, 9.17) is 9.72 Å². The number of anilines is 1. The SMILES string of the molecule is C[C@H]1[C@@H](c2cc(C(F)(F)F)cc(C(F)(F)F)c2)OC(=O)N1Cc1nc(N2CCC2)ccc1-c1cc([C@H]2CC[C@H](C(=O)O)CC2)ccc1O. The molecule has 48 heavy (non-hydrogen) atoms. The molecule has 1 amide bonds. The normalized spacial score (nSPS) is 23.2. The number of carboxylic acid groups (broad SMARTS) is 1. The summed E-state index contributed by atoms with van der Waals surface area (Å²) in [7, 11) is 0. The van der Waals surface area contributed by atoms with E-state index in [1.807, 2.05) is 11.0 Å². The fraction of sp³-hybridized carbons (Fsp3) is 0.441. The first-order valence-electron chi connectivity index (χ1n) is 15.7. The number of phenolic OH excluding ortho intramolecular Hbond substituents is 1. The molecular weight excluding hydrogens is 644 g/mol. The molecule has 1 aromatic heterocycles. The number of pyridine rings is 1. The predicted molar refractivity (Wildman–Crippen MR) is 161 cm³/mol. The second-order valence-corrected chi connectivity index (χ2v) is 12.7. The second-order valence-electron chi connectivity index (χ2n) is 12.7. The van der Waals surface area contributed by atoms with Crippen molar-refractivity contribution in [2.24, 2.45) is 5.92 Å². The Labute approximate surface area is 271 Å². The first-order chi connectivity index (χ1) is 22.6. The van der Waals surface area contributed by atoms with Crippen LogP contribution in [0.2, 0.25) is 0 Å². The number of alkyl halides is 6. The van der Waals surface area contributed by atoms with Crippen LogP contribution in [-0.4, -0.2) is 51.3 Å². The maximum absolute atomic E-state index is 13.6. The molecule has 3 heterocycles. The lowest BCUT2D eigenvalue weighted by Gasteiger charge is -2.33. The summed E-state index contributed by atoms with van der Waals surface area (Å²) in [4.78, 5) is 32.7. The summed E-state index contributed by atoms with van der Waals surface area (Å²) < 4.78 is 87.0. The highest BCUT2D eigenvalue weighted by Gasteiger charge is 2.44. The van der Waals surface area contributed by atoms with Crippen molar-refractivity contribution in [3.8, 4) is 16.9 Å². The van der Waals surface area contributed by atoms with Crippen molar-refractivity contribution in [1.82, 2.24) is 9.88 Å². The summed E-state index contributed by atoms with van der Waals surface area (Å²) in [6.45, 7) is 2.79. The molecule has 6 rings (SSSR count). The minimum absolute atomic E-state index is 0.0264. The molecule has 2 atom stereocenters. The number of aromatic nitrogens is 1. The first kappa shape index (κ1) is 33.4. The van der Waals surface area contributed by atoms with Gasteiger partial charge in [0.25, 0.3) is 0 Å². The van der Waals surface area contributed by atoms with Gasteiger partial charge >= 0.3 is 24.4 Å². The molecule has 256 valence electrons. The number of hydrogen-bond acceptors (Lipinski definition) is 6. The largest absolute Gasteiger partial charge is 0.507 e. The fourth-order valence-corrected chi connectivity index (χ4v) is 6.74. The highest BCUT2D eigenvalue weighted by atomic mass is 19.4. The third-order valence-corrected chi connectivity index (χ3v) is 9.65. The van der Waals surface area contributed by atoms with Crippen molar-refractivity contribution in [3.05, 3.63) is 76.5 Å². The minimum Gasteiger partial charge on any atom is -0.507 e. The van der Waals surface area contributed by atoms with Gasteiger partial charge in [-0.25, -0.2) is 9.78 Å². The average molecular weight is 678 g/mol. The van der Waals surface area contributed by atoms with Crippen LogP contribution < -0.4 is 4.90 Å². The van der Waals surface area contributed by atoms with E-state index in [-0.39, 0.29) is 24.3 Å². The molecule has 8 nitrogen and oxygen atoms in total. The molecule has 0 bridgehead atoms. The van der Waals surface area contributed by atoms with E-state index in [9.17, 15) is 46.1 Å². The number of aromatic hydroxyl groups is 1. The van der Waals surface area contributed by atoms with Gasteiger partial charge in [-0.2, -0.15) is 26.3 Å². The van der Waals surface area contributed by atoms with Gasteiger partial charge in [-0.3, -0.25) is 9.69 Å². The Bertz CT molecular complexity index is 1680. The number of aliphatic carboxylic acids is 1. The number of halogens is 6. The molecule has 3 aliphatic rings. The maximum atomic E-state index is 13.6. The van der Waals surface area contributed by atoms with Crippen LogP contribution in [0.5, 0.6) is 5.75 Å². The standard InChI is InChI=1S/C34H33F6N3O5/c1-18-30(22-13-23(33(35,36)37)16-24(14-22)34(38,39)40)48-32(47)43(18)17-27-25(8-10-29(41-27)42-11-2-12-42)26-15-21(7-9-28(26)44)19-3-5-20(6-4-19)31(45)46/h7-10,13-16,18-20,30,44H,2-6,11-12,17H2,1H3,(H,45,46)/t18-,19-,20-,30-/m0/s1. The van der Waals surface area contributed by atoms with Crippen molar-refractivity contribution < 1.29 is 50.9 Å². The molecule has 2 saturated heterocycles. The van der Waals surface area contributed by atoms with Crippen LogP contribution in [0.4, 0.5) is 37.0 Å². The monoisotopic (exact) mass is 677 g/mol. The van der Waals surface area contributed by atoms with Gasteiger partial charge in [-0.05, 0) is 98.5 Å². The van der Waals surface area contributed by atoms with E-state index < -0.39 is 59.2 Å². The van der Waals surface area contributed by atoms with Gasteiger partial charge in [0.2, 0.25) is 0 Å². The lowest BCUT2D eigenvalue weighted by atomic mass is 9.78. The van der Waals surface area contributed by atoms with Crippen LogP contribution in [0, 0.1) is 5.92 Å². The lowest BCUT2D eigenvalue weighted by Crippen LogP contribution is -2.38. The van der Waals surface area contributed by atoms with Crippen LogP contribution >= 0.6 is 0 Å². The van der Waals surface area contributed by atoms with Gasteiger partial charge in [0.05, 0.1) is 35.3 Å². The molecule has 3 fully saturated rings. The van der Waals surface area contributed by atoms with Crippen LogP contribution in [0.3, 0.4) is 0 Å². The van der Waals surface area contributed by atoms with E-state index in [0.717, 1.165) is 25.1 Å². The molecule has 2 aromatic carbocycles. The number of rotatable bonds is 7. The summed E-state index contributed by atoms with van der Waals surface area (Å²) in [5.74, 6) is -0.586. The Morgan fingerprint density at radius 1 is 0.896 bits per heavy atom. The molecular formula is C34H33F6N3O5. The van der Waals surface area contributed by atoms with Gasteiger partial charge < -0.3 is 19.8 Å². The van der Waals surface area contributed by atoms with Crippen molar-refractivity contribution in [2.75, 3.05) is 18.0 Å². The maximum Gasteiger partial charge on any atom is 0.416 e. The first-order valence-corrected chi connectivity index (χ1v) is 15.7. The number of hydrogen-bond donors (Lipinski definition) is 2. The molecule has 0 unspecified atom stereocenters. The fourth-order valence-electron chi connectivity index (χ4n) is 6.74. The number of carboxylic acids is 1. The van der Waals surface area contributed by atoms with E-state index in [2.05, 4.69) is 0 Å². The van der Waals surface area contributed by atoms with E-state index in [1.54, 1.807) is 24.3 Å². The number of phenols is 1. The summed E-state index contributed by atoms with van der Waals surface area (Å²) >= 11 is 0.